The molecule has 1 fully saturated rings. The molecular formula is C11H11ClF3NO. The monoisotopic (exact) mass is 265 g/mol. The molecule has 1 aromatic carbocycles. The normalized spacial score (nSPS) is 18.2. The van der Waals surface area contributed by atoms with Crippen molar-refractivity contribution in [2.45, 2.75) is 24.4 Å². The van der Waals surface area contributed by atoms with Crippen LogP contribution >= 0.6 is 11.6 Å². The van der Waals surface area contributed by atoms with Gasteiger partial charge in [0.25, 0.3) is 0 Å². The van der Waals surface area contributed by atoms with Gasteiger partial charge in [0, 0.05) is 10.4 Å². The van der Waals surface area contributed by atoms with Gasteiger partial charge < -0.3 is 4.84 Å². The van der Waals surface area contributed by atoms with Gasteiger partial charge in [0.2, 0.25) is 0 Å². The molecule has 0 aromatic heterocycles. The van der Waals surface area contributed by atoms with Crippen LogP contribution in [0.5, 0.6) is 0 Å². The molecular weight excluding hydrogens is 255 g/mol. The van der Waals surface area contributed by atoms with E-state index in [4.69, 9.17) is 17.5 Å². The zero-order valence-electron chi connectivity index (χ0n) is 8.85. The summed E-state index contributed by atoms with van der Waals surface area (Å²) >= 11 is 5.72. The molecule has 6 heteroatoms. The third-order valence-corrected chi connectivity index (χ3v) is 3.27. The molecule has 1 aliphatic rings. The Balaban J connectivity index is 2.39. The molecule has 0 saturated heterocycles. The van der Waals surface area contributed by atoms with Crippen molar-refractivity contribution < 1.29 is 18.0 Å². The van der Waals surface area contributed by atoms with Crippen LogP contribution in [0.25, 0.3) is 0 Å². The second-order valence-electron chi connectivity index (χ2n) is 4.32. The van der Waals surface area contributed by atoms with Crippen LogP contribution in [0.3, 0.4) is 0 Å². The molecule has 0 aliphatic heterocycles. The number of rotatable bonds is 3. The van der Waals surface area contributed by atoms with Gasteiger partial charge in [-0.25, -0.2) is 5.90 Å². The average molecular weight is 266 g/mol. The first-order chi connectivity index (χ1) is 7.87. The third-order valence-electron chi connectivity index (χ3n) is 3.05. The molecule has 0 amide bonds. The highest BCUT2D eigenvalue weighted by atomic mass is 35.5. The molecule has 0 atom stereocenters. The van der Waals surface area contributed by atoms with Gasteiger partial charge in [-0.3, -0.25) is 0 Å². The topological polar surface area (TPSA) is 35.2 Å². The van der Waals surface area contributed by atoms with E-state index in [1.807, 2.05) is 0 Å². The first-order valence-electron chi connectivity index (χ1n) is 5.07. The largest absolute Gasteiger partial charge is 0.416 e. The zero-order chi connectivity index (χ0) is 12.7. The van der Waals surface area contributed by atoms with Crippen LogP contribution < -0.4 is 5.90 Å². The lowest BCUT2D eigenvalue weighted by Gasteiger charge is -2.16. The van der Waals surface area contributed by atoms with E-state index in [2.05, 4.69) is 4.84 Å². The van der Waals surface area contributed by atoms with Crippen LogP contribution in [0.4, 0.5) is 13.2 Å². The summed E-state index contributed by atoms with van der Waals surface area (Å²) in [5.41, 5.74) is -0.578. The highest BCUT2D eigenvalue weighted by Crippen LogP contribution is 2.49. The maximum atomic E-state index is 12.6. The lowest BCUT2D eigenvalue weighted by Crippen LogP contribution is -2.19. The van der Waals surface area contributed by atoms with Crippen molar-refractivity contribution in [3.05, 3.63) is 34.3 Å². The van der Waals surface area contributed by atoms with E-state index in [1.54, 1.807) is 6.07 Å². The molecule has 0 radical (unpaired) electrons. The van der Waals surface area contributed by atoms with Crippen molar-refractivity contribution >= 4 is 11.6 Å². The first-order valence-corrected chi connectivity index (χ1v) is 5.45. The summed E-state index contributed by atoms with van der Waals surface area (Å²) in [5, 5.41) is 0.0816. The summed E-state index contributed by atoms with van der Waals surface area (Å²) in [4.78, 5) is 4.56. The van der Waals surface area contributed by atoms with Gasteiger partial charge in [-0.05, 0) is 36.6 Å². The first kappa shape index (κ1) is 12.7. The van der Waals surface area contributed by atoms with Crippen molar-refractivity contribution in [2.75, 3.05) is 6.61 Å². The second kappa shape index (κ2) is 4.15. The molecule has 94 valence electrons. The molecule has 2 N–H and O–H groups in total. The molecule has 2 nitrogen and oxygen atoms in total. The fraction of sp³-hybridized carbons (Fsp3) is 0.455. The smallest absolute Gasteiger partial charge is 0.304 e. The van der Waals surface area contributed by atoms with Crippen LogP contribution in [0.15, 0.2) is 18.2 Å². The predicted molar refractivity (Wildman–Crippen MR) is 57.5 cm³/mol. The van der Waals surface area contributed by atoms with Gasteiger partial charge in [-0.1, -0.05) is 11.6 Å². The van der Waals surface area contributed by atoms with Gasteiger partial charge in [0.05, 0.1) is 12.2 Å². The minimum absolute atomic E-state index is 0.0816. The molecule has 17 heavy (non-hydrogen) atoms. The summed E-state index contributed by atoms with van der Waals surface area (Å²) in [6, 6.07) is 3.59. The SMILES string of the molecule is NOCC1(c2cc(Cl)cc(C(F)(F)F)c2)CC1. The third kappa shape index (κ3) is 2.56. The van der Waals surface area contributed by atoms with Crippen LogP contribution in [0.1, 0.15) is 24.0 Å². The Kier molecular flexibility index (Phi) is 3.10. The van der Waals surface area contributed by atoms with E-state index in [0.29, 0.717) is 5.56 Å². The van der Waals surface area contributed by atoms with Gasteiger partial charge in [-0.2, -0.15) is 13.2 Å². The number of halogens is 4. The molecule has 1 saturated carbocycles. The van der Waals surface area contributed by atoms with Crippen molar-refractivity contribution in [3.8, 4) is 0 Å². The number of nitrogens with two attached hydrogens (primary N) is 1. The molecule has 0 unspecified atom stereocenters. The Labute approximate surface area is 101 Å². The lowest BCUT2D eigenvalue weighted by atomic mass is 9.95. The molecule has 0 heterocycles. The average Bonchev–Trinajstić information content (AvgIpc) is 2.97. The number of hydrogen-bond donors (Lipinski definition) is 1. The zero-order valence-corrected chi connectivity index (χ0v) is 9.61. The Bertz CT molecular complexity index is 429. The van der Waals surface area contributed by atoms with Crippen LogP contribution in [-0.4, -0.2) is 6.61 Å². The van der Waals surface area contributed by atoms with E-state index in [9.17, 15) is 13.2 Å². The van der Waals surface area contributed by atoms with Crippen LogP contribution in [-0.2, 0) is 16.4 Å². The Morgan fingerprint density at radius 3 is 2.41 bits per heavy atom. The summed E-state index contributed by atoms with van der Waals surface area (Å²) in [5.74, 6) is 5.00. The van der Waals surface area contributed by atoms with E-state index in [1.165, 1.54) is 0 Å². The Morgan fingerprint density at radius 1 is 1.29 bits per heavy atom. The summed E-state index contributed by atoms with van der Waals surface area (Å²) in [6.07, 6.45) is -2.86. The molecule has 0 spiro atoms. The number of alkyl halides is 3. The highest BCUT2D eigenvalue weighted by Gasteiger charge is 2.46. The maximum absolute atomic E-state index is 12.6. The molecule has 2 rings (SSSR count). The van der Waals surface area contributed by atoms with E-state index in [-0.39, 0.29) is 17.0 Å². The maximum Gasteiger partial charge on any atom is 0.416 e. The summed E-state index contributed by atoms with van der Waals surface area (Å²) < 4.78 is 37.9. The summed E-state index contributed by atoms with van der Waals surface area (Å²) in [7, 11) is 0. The molecule has 1 aromatic rings. The lowest BCUT2D eigenvalue weighted by molar-refractivity contribution is -0.137. The van der Waals surface area contributed by atoms with E-state index < -0.39 is 11.7 Å². The van der Waals surface area contributed by atoms with Crippen molar-refractivity contribution in [1.29, 1.82) is 0 Å². The fourth-order valence-corrected chi connectivity index (χ4v) is 2.12. The Hall–Kier alpha value is -0.780. The van der Waals surface area contributed by atoms with Gasteiger partial charge >= 0.3 is 6.18 Å². The quantitative estimate of drug-likeness (QED) is 0.851. The minimum atomic E-state index is -4.39. The van der Waals surface area contributed by atoms with Crippen molar-refractivity contribution in [3.63, 3.8) is 0 Å². The van der Waals surface area contributed by atoms with Gasteiger partial charge in [0.15, 0.2) is 0 Å². The number of hydrogen-bond acceptors (Lipinski definition) is 2. The Morgan fingerprint density at radius 2 is 1.94 bits per heavy atom. The second-order valence-corrected chi connectivity index (χ2v) is 4.75. The minimum Gasteiger partial charge on any atom is -0.304 e. The van der Waals surface area contributed by atoms with Gasteiger partial charge in [0.1, 0.15) is 0 Å². The van der Waals surface area contributed by atoms with Crippen LogP contribution in [0.2, 0.25) is 5.02 Å². The predicted octanol–water partition coefficient (Wildman–Crippen LogP) is 3.28. The number of benzene rings is 1. The molecule has 0 bridgehead atoms. The fourth-order valence-electron chi connectivity index (χ4n) is 1.89. The van der Waals surface area contributed by atoms with Gasteiger partial charge in [-0.15, -0.1) is 0 Å². The summed E-state index contributed by atoms with van der Waals surface area (Å²) in [6.45, 7) is 0.213. The van der Waals surface area contributed by atoms with Crippen LogP contribution in [0, 0.1) is 0 Å². The van der Waals surface area contributed by atoms with Crippen molar-refractivity contribution in [2.24, 2.45) is 5.90 Å². The van der Waals surface area contributed by atoms with E-state index >= 15 is 0 Å². The van der Waals surface area contributed by atoms with Crippen molar-refractivity contribution in [1.82, 2.24) is 0 Å². The van der Waals surface area contributed by atoms with E-state index in [0.717, 1.165) is 25.0 Å². The standard InChI is InChI=1S/C11H11ClF3NO/c12-9-4-7(10(1-2-10)6-17-16)3-8(5-9)11(13,14)15/h3-5H,1-2,6,16H2. The molecule has 1 aliphatic carbocycles. The highest BCUT2D eigenvalue weighted by molar-refractivity contribution is 6.30.